The Morgan fingerprint density at radius 1 is 1.17 bits per heavy atom. The smallest absolute Gasteiger partial charge is 0.257 e. The summed E-state index contributed by atoms with van der Waals surface area (Å²) in [6.07, 6.45) is 0.0178. The number of fused-ring (bicyclic) bond motifs is 1. The molecule has 0 atom stereocenters. The van der Waals surface area contributed by atoms with E-state index >= 15 is 0 Å². The standard InChI is InChI=1S/C18H22N8O3/c1-10-14(11(2)26-18(21-10)22-17(19)25-26)8-15(27)23-24-16(28)9-20-12-5-4-6-13(7-12)29-3/h4-7,20H,8-9H2,1-3H3,(H2,19,25)(H,23,27)(H,24,28). The number of nitrogens with zero attached hydrogens (tertiary/aromatic N) is 4. The summed E-state index contributed by atoms with van der Waals surface area (Å²) >= 11 is 0. The van der Waals surface area contributed by atoms with Gasteiger partial charge in [-0.25, -0.2) is 4.98 Å². The predicted octanol–water partition coefficient (Wildman–Crippen LogP) is 0.134. The van der Waals surface area contributed by atoms with Crippen LogP contribution in [0.5, 0.6) is 5.75 Å². The molecule has 0 saturated carbocycles. The maximum atomic E-state index is 12.3. The summed E-state index contributed by atoms with van der Waals surface area (Å²) in [6, 6.07) is 7.17. The molecule has 0 bridgehead atoms. The highest BCUT2D eigenvalue weighted by atomic mass is 16.5. The van der Waals surface area contributed by atoms with Gasteiger partial charge in [0.05, 0.1) is 20.1 Å². The van der Waals surface area contributed by atoms with Crippen molar-refractivity contribution in [3.63, 3.8) is 0 Å². The summed E-state index contributed by atoms with van der Waals surface area (Å²) in [4.78, 5) is 32.6. The number of nitrogen functional groups attached to an aromatic ring is 1. The highest BCUT2D eigenvalue weighted by Crippen LogP contribution is 2.16. The molecule has 0 aliphatic heterocycles. The van der Waals surface area contributed by atoms with Gasteiger partial charge < -0.3 is 15.8 Å². The van der Waals surface area contributed by atoms with Crippen LogP contribution in [0.2, 0.25) is 0 Å². The third-order valence-electron chi connectivity index (χ3n) is 4.27. The number of aryl methyl sites for hydroxylation is 2. The van der Waals surface area contributed by atoms with Gasteiger partial charge in [-0.05, 0) is 26.0 Å². The second kappa shape index (κ2) is 8.42. The van der Waals surface area contributed by atoms with Crippen LogP contribution in [-0.2, 0) is 16.0 Å². The van der Waals surface area contributed by atoms with E-state index < -0.39 is 5.91 Å². The number of carbonyl (C=O) groups is 2. The minimum absolute atomic E-state index is 0.0166. The van der Waals surface area contributed by atoms with Crippen LogP contribution in [-0.4, -0.2) is 45.1 Å². The summed E-state index contributed by atoms with van der Waals surface area (Å²) in [6.45, 7) is 3.56. The Bertz CT molecular complexity index is 1060. The topological polar surface area (TPSA) is 149 Å². The first-order chi connectivity index (χ1) is 13.9. The normalized spacial score (nSPS) is 10.6. The molecule has 0 aliphatic rings. The van der Waals surface area contributed by atoms with Gasteiger partial charge in [-0.15, -0.1) is 5.10 Å². The monoisotopic (exact) mass is 398 g/mol. The summed E-state index contributed by atoms with van der Waals surface area (Å²) < 4.78 is 6.61. The molecule has 0 saturated heterocycles. The number of aromatic nitrogens is 4. The number of ether oxygens (including phenoxy) is 1. The quantitative estimate of drug-likeness (QED) is 0.428. The van der Waals surface area contributed by atoms with Crippen LogP contribution >= 0.6 is 0 Å². The van der Waals surface area contributed by atoms with Crippen molar-refractivity contribution in [3.8, 4) is 5.75 Å². The van der Waals surface area contributed by atoms with Gasteiger partial charge >= 0.3 is 0 Å². The lowest BCUT2D eigenvalue weighted by atomic mass is 10.1. The second-order valence-corrected chi connectivity index (χ2v) is 6.30. The van der Waals surface area contributed by atoms with Gasteiger partial charge in [0, 0.05) is 28.7 Å². The minimum atomic E-state index is -0.396. The predicted molar refractivity (Wildman–Crippen MR) is 106 cm³/mol. The number of rotatable bonds is 6. The number of methoxy groups -OCH3 is 1. The number of nitrogens with one attached hydrogen (secondary N) is 3. The fourth-order valence-corrected chi connectivity index (χ4v) is 2.78. The first-order valence-corrected chi connectivity index (χ1v) is 8.81. The van der Waals surface area contributed by atoms with Gasteiger partial charge in [0.1, 0.15) is 5.75 Å². The van der Waals surface area contributed by atoms with E-state index in [9.17, 15) is 9.59 Å². The molecule has 152 valence electrons. The van der Waals surface area contributed by atoms with Gasteiger partial charge in [0.2, 0.25) is 11.9 Å². The third-order valence-corrected chi connectivity index (χ3v) is 4.27. The van der Waals surface area contributed by atoms with Crippen LogP contribution in [0.3, 0.4) is 0 Å². The number of hydrogen-bond acceptors (Lipinski definition) is 8. The van der Waals surface area contributed by atoms with Crippen LogP contribution in [0.1, 0.15) is 17.0 Å². The van der Waals surface area contributed by atoms with Crippen LogP contribution in [0, 0.1) is 13.8 Å². The SMILES string of the molecule is COc1cccc(NCC(=O)NNC(=O)Cc2c(C)nc3nc(N)nn3c2C)c1. The molecule has 0 radical (unpaired) electrons. The summed E-state index contributed by atoms with van der Waals surface area (Å²) in [5.41, 5.74) is 13.1. The van der Waals surface area contributed by atoms with Crippen molar-refractivity contribution in [3.05, 3.63) is 41.2 Å². The molecule has 2 aromatic heterocycles. The molecule has 5 N–H and O–H groups in total. The number of amides is 2. The highest BCUT2D eigenvalue weighted by molar-refractivity contribution is 5.85. The fraction of sp³-hybridized carbons (Fsp3) is 0.278. The third kappa shape index (κ3) is 4.69. The largest absolute Gasteiger partial charge is 0.497 e. The van der Waals surface area contributed by atoms with Gasteiger partial charge in [-0.3, -0.25) is 20.4 Å². The number of carbonyl (C=O) groups excluding carboxylic acids is 2. The van der Waals surface area contributed by atoms with Gasteiger partial charge in [-0.2, -0.15) is 9.50 Å². The first-order valence-electron chi connectivity index (χ1n) is 8.81. The first kappa shape index (κ1) is 19.9. The van der Waals surface area contributed by atoms with E-state index in [-0.39, 0.29) is 24.8 Å². The van der Waals surface area contributed by atoms with Crippen molar-refractivity contribution in [2.24, 2.45) is 0 Å². The number of hydrazine groups is 1. The minimum Gasteiger partial charge on any atom is -0.497 e. The van der Waals surface area contributed by atoms with E-state index in [1.165, 1.54) is 4.52 Å². The fourth-order valence-electron chi connectivity index (χ4n) is 2.78. The molecule has 0 unspecified atom stereocenters. The van der Waals surface area contributed by atoms with Gasteiger partial charge in [-0.1, -0.05) is 6.07 Å². The van der Waals surface area contributed by atoms with Crippen LogP contribution in [0.4, 0.5) is 11.6 Å². The molecule has 2 amide bonds. The number of anilines is 2. The maximum absolute atomic E-state index is 12.3. The zero-order valence-electron chi connectivity index (χ0n) is 16.3. The molecular formula is C18H22N8O3. The molecule has 2 heterocycles. The number of nitrogens with two attached hydrogens (primary N) is 1. The van der Waals surface area contributed by atoms with Crippen molar-refractivity contribution >= 4 is 29.2 Å². The van der Waals surface area contributed by atoms with E-state index in [1.807, 2.05) is 0 Å². The Balaban J connectivity index is 1.54. The molecule has 1 aromatic carbocycles. The Labute approximate surface area is 166 Å². The van der Waals surface area contributed by atoms with E-state index in [1.54, 1.807) is 45.2 Å². The Kier molecular flexibility index (Phi) is 5.77. The lowest BCUT2D eigenvalue weighted by Gasteiger charge is -2.12. The summed E-state index contributed by atoms with van der Waals surface area (Å²) in [5, 5.41) is 7.01. The van der Waals surface area contributed by atoms with Crippen molar-refractivity contribution in [1.82, 2.24) is 30.4 Å². The molecule has 3 rings (SSSR count). The van der Waals surface area contributed by atoms with E-state index in [0.29, 0.717) is 28.5 Å². The zero-order chi connectivity index (χ0) is 21.0. The number of benzene rings is 1. The van der Waals surface area contributed by atoms with Gasteiger partial charge in [0.15, 0.2) is 0 Å². The van der Waals surface area contributed by atoms with E-state index in [4.69, 9.17) is 10.5 Å². The van der Waals surface area contributed by atoms with Crippen molar-refractivity contribution in [2.45, 2.75) is 20.3 Å². The van der Waals surface area contributed by atoms with E-state index in [0.717, 1.165) is 5.69 Å². The van der Waals surface area contributed by atoms with Crippen molar-refractivity contribution in [2.75, 3.05) is 24.7 Å². The summed E-state index contributed by atoms with van der Waals surface area (Å²) in [7, 11) is 1.57. The second-order valence-electron chi connectivity index (χ2n) is 6.30. The number of hydrogen-bond donors (Lipinski definition) is 4. The average molecular weight is 398 g/mol. The molecule has 0 spiro atoms. The Hall–Kier alpha value is -3.89. The lowest BCUT2D eigenvalue weighted by Crippen LogP contribution is -2.44. The molecule has 29 heavy (non-hydrogen) atoms. The molecule has 0 fully saturated rings. The molecule has 3 aromatic rings. The molecular weight excluding hydrogens is 376 g/mol. The van der Waals surface area contributed by atoms with Gasteiger partial charge in [0.25, 0.3) is 11.7 Å². The molecule has 11 heteroatoms. The highest BCUT2D eigenvalue weighted by Gasteiger charge is 2.15. The average Bonchev–Trinajstić information content (AvgIpc) is 3.08. The Morgan fingerprint density at radius 3 is 2.69 bits per heavy atom. The zero-order valence-corrected chi connectivity index (χ0v) is 16.3. The van der Waals surface area contributed by atoms with Crippen LogP contribution < -0.4 is 26.6 Å². The summed E-state index contributed by atoms with van der Waals surface area (Å²) in [5.74, 6) is 0.373. The maximum Gasteiger partial charge on any atom is 0.257 e. The molecule has 11 nitrogen and oxygen atoms in total. The Morgan fingerprint density at radius 2 is 1.93 bits per heavy atom. The van der Waals surface area contributed by atoms with E-state index in [2.05, 4.69) is 31.2 Å². The van der Waals surface area contributed by atoms with Crippen molar-refractivity contribution in [1.29, 1.82) is 0 Å². The van der Waals surface area contributed by atoms with Crippen LogP contribution in [0.15, 0.2) is 24.3 Å². The van der Waals surface area contributed by atoms with Crippen LogP contribution in [0.25, 0.3) is 5.78 Å². The molecule has 0 aliphatic carbocycles. The van der Waals surface area contributed by atoms with Crippen molar-refractivity contribution < 1.29 is 14.3 Å². The lowest BCUT2D eigenvalue weighted by molar-refractivity contribution is -0.127.